The van der Waals surface area contributed by atoms with Crippen LogP contribution in [-0.2, 0) is 12.7 Å². The molecule has 0 radical (unpaired) electrons. The van der Waals surface area contributed by atoms with Gasteiger partial charge in [0.25, 0.3) is 5.91 Å². The number of benzene rings is 1. The fourth-order valence-electron chi connectivity index (χ4n) is 2.63. The molecule has 3 N–H and O–H groups in total. The standard InChI is InChI=1S/C12H15ClN4OS.C8H7F3/c1-2-17-9(3-5-16-17)8-7-10(19-11(8)13)12(18)15-6-4-14;1-6-4-2-3-5-7(6)8(9,10)11/h3,5,7H,2,4,6,14H2,1H3,(H,15,18);2-5H,1H3. The molecule has 0 saturated carbocycles. The van der Waals surface area contributed by atoms with E-state index in [0.29, 0.717) is 22.3 Å². The van der Waals surface area contributed by atoms with Crippen molar-refractivity contribution in [3.8, 4) is 11.3 Å². The first-order valence-electron chi connectivity index (χ1n) is 9.11. The Balaban J connectivity index is 0.000000248. The zero-order valence-electron chi connectivity index (χ0n) is 16.5. The molecular formula is C20H22ClF3N4OS. The lowest BCUT2D eigenvalue weighted by atomic mass is 10.1. The molecule has 0 saturated heterocycles. The maximum absolute atomic E-state index is 12.0. The number of halogens is 4. The van der Waals surface area contributed by atoms with Crippen molar-refractivity contribution in [3.63, 3.8) is 0 Å². The lowest BCUT2D eigenvalue weighted by Crippen LogP contribution is -2.28. The summed E-state index contributed by atoms with van der Waals surface area (Å²) in [6.07, 6.45) is -2.49. The van der Waals surface area contributed by atoms with Crippen LogP contribution in [0.25, 0.3) is 11.3 Å². The van der Waals surface area contributed by atoms with Crippen molar-refractivity contribution in [3.05, 3.63) is 62.9 Å². The lowest BCUT2D eigenvalue weighted by molar-refractivity contribution is -0.138. The van der Waals surface area contributed by atoms with Crippen LogP contribution in [-0.4, -0.2) is 28.8 Å². The van der Waals surface area contributed by atoms with E-state index in [4.69, 9.17) is 17.3 Å². The smallest absolute Gasteiger partial charge is 0.350 e. The number of alkyl halides is 3. The molecule has 0 atom stereocenters. The molecule has 1 aromatic carbocycles. The molecule has 0 aliphatic carbocycles. The molecular weight excluding hydrogens is 437 g/mol. The number of nitrogens with two attached hydrogens (primary N) is 1. The molecule has 162 valence electrons. The van der Waals surface area contributed by atoms with E-state index in [1.807, 2.05) is 17.7 Å². The van der Waals surface area contributed by atoms with Crippen LogP contribution in [0.1, 0.15) is 27.7 Å². The van der Waals surface area contributed by atoms with Gasteiger partial charge in [-0.1, -0.05) is 29.8 Å². The SMILES string of the molecule is CCn1nccc1-c1cc(C(=O)NCCN)sc1Cl.Cc1ccccc1C(F)(F)F. The molecule has 0 bridgehead atoms. The number of hydrogen-bond donors (Lipinski definition) is 2. The van der Waals surface area contributed by atoms with Crippen molar-refractivity contribution in [2.24, 2.45) is 5.73 Å². The predicted octanol–water partition coefficient (Wildman–Crippen LogP) is 4.99. The summed E-state index contributed by atoms with van der Waals surface area (Å²) < 4.78 is 38.6. The van der Waals surface area contributed by atoms with Crippen LogP contribution >= 0.6 is 22.9 Å². The summed E-state index contributed by atoms with van der Waals surface area (Å²) in [4.78, 5) is 12.4. The minimum Gasteiger partial charge on any atom is -0.350 e. The molecule has 5 nitrogen and oxygen atoms in total. The number of amides is 1. The molecule has 0 unspecified atom stereocenters. The third-order valence-corrected chi connectivity index (χ3v) is 5.44. The summed E-state index contributed by atoms with van der Waals surface area (Å²) in [5.74, 6) is -0.147. The van der Waals surface area contributed by atoms with Gasteiger partial charge in [-0.15, -0.1) is 11.3 Å². The van der Waals surface area contributed by atoms with Crippen molar-refractivity contribution in [2.75, 3.05) is 13.1 Å². The minimum atomic E-state index is -4.22. The van der Waals surface area contributed by atoms with Crippen LogP contribution in [0.4, 0.5) is 13.2 Å². The van der Waals surface area contributed by atoms with E-state index in [1.165, 1.54) is 30.4 Å². The quantitative estimate of drug-likeness (QED) is 0.566. The highest BCUT2D eigenvalue weighted by atomic mass is 35.5. The van der Waals surface area contributed by atoms with E-state index in [0.717, 1.165) is 23.9 Å². The Bertz CT molecular complexity index is 985. The highest BCUT2D eigenvalue weighted by Gasteiger charge is 2.31. The van der Waals surface area contributed by atoms with Crippen molar-refractivity contribution < 1.29 is 18.0 Å². The second-order valence-electron chi connectivity index (χ2n) is 6.19. The number of thiophene rings is 1. The van der Waals surface area contributed by atoms with Crippen molar-refractivity contribution in [2.45, 2.75) is 26.6 Å². The molecule has 0 fully saturated rings. The van der Waals surface area contributed by atoms with Gasteiger partial charge in [0.1, 0.15) is 4.34 Å². The summed E-state index contributed by atoms with van der Waals surface area (Å²) in [5.41, 5.74) is 6.82. The molecule has 3 aromatic rings. The third kappa shape index (κ3) is 6.07. The Morgan fingerprint density at radius 2 is 2.00 bits per heavy atom. The number of aromatic nitrogens is 2. The molecule has 30 heavy (non-hydrogen) atoms. The Morgan fingerprint density at radius 3 is 2.57 bits per heavy atom. The number of carbonyl (C=O) groups excluding carboxylic acids is 1. The molecule has 2 heterocycles. The van der Waals surface area contributed by atoms with Crippen LogP contribution in [0, 0.1) is 6.92 Å². The fraction of sp³-hybridized carbons (Fsp3) is 0.300. The Labute approximate surface area is 181 Å². The van der Waals surface area contributed by atoms with Crippen LogP contribution < -0.4 is 11.1 Å². The second kappa shape index (κ2) is 10.6. The molecule has 3 rings (SSSR count). The average Bonchev–Trinajstić information content (AvgIpc) is 3.32. The van der Waals surface area contributed by atoms with Gasteiger partial charge in [0.15, 0.2) is 0 Å². The van der Waals surface area contributed by atoms with Crippen molar-refractivity contribution in [1.29, 1.82) is 0 Å². The predicted molar refractivity (Wildman–Crippen MR) is 114 cm³/mol. The second-order valence-corrected chi connectivity index (χ2v) is 7.84. The van der Waals surface area contributed by atoms with Gasteiger partial charge in [-0.2, -0.15) is 18.3 Å². The number of carbonyl (C=O) groups is 1. The molecule has 10 heteroatoms. The normalized spacial score (nSPS) is 11.0. The van der Waals surface area contributed by atoms with Crippen LogP contribution in [0.3, 0.4) is 0 Å². The number of hydrogen-bond acceptors (Lipinski definition) is 4. The number of nitrogens with one attached hydrogen (secondary N) is 1. The van der Waals surface area contributed by atoms with Crippen molar-refractivity contribution in [1.82, 2.24) is 15.1 Å². The van der Waals surface area contributed by atoms with Gasteiger partial charge in [-0.25, -0.2) is 0 Å². The zero-order chi connectivity index (χ0) is 22.3. The summed E-state index contributed by atoms with van der Waals surface area (Å²) in [7, 11) is 0. The van der Waals surface area contributed by atoms with Crippen LogP contribution in [0.15, 0.2) is 42.6 Å². The Morgan fingerprint density at radius 1 is 1.30 bits per heavy atom. The van der Waals surface area contributed by atoms with E-state index < -0.39 is 11.7 Å². The van der Waals surface area contributed by atoms with E-state index in [2.05, 4.69) is 10.4 Å². The summed E-state index contributed by atoms with van der Waals surface area (Å²) in [6.45, 7) is 5.08. The topological polar surface area (TPSA) is 72.9 Å². The van der Waals surface area contributed by atoms with E-state index >= 15 is 0 Å². The largest absolute Gasteiger partial charge is 0.416 e. The highest BCUT2D eigenvalue weighted by molar-refractivity contribution is 7.18. The zero-order valence-corrected chi connectivity index (χ0v) is 18.0. The first kappa shape index (κ1) is 23.9. The van der Waals surface area contributed by atoms with Gasteiger partial charge in [0.05, 0.1) is 16.1 Å². The van der Waals surface area contributed by atoms with E-state index in [9.17, 15) is 18.0 Å². The van der Waals surface area contributed by atoms with E-state index in [-0.39, 0.29) is 11.5 Å². The van der Waals surface area contributed by atoms with Crippen LogP contribution in [0.5, 0.6) is 0 Å². The first-order chi connectivity index (χ1) is 14.2. The molecule has 0 aliphatic heterocycles. The molecule has 0 spiro atoms. The fourth-order valence-corrected chi connectivity index (χ4v) is 3.84. The van der Waals surface area contributed by atoms with Gasteiger partial charge >= 0.3 is 6.18 Å². The van der Waals surface area contributed by atoms with Crippen LogP contribution in [0.2, 0.25) is 4.34 Å². The van der Waals surface area contributed by atoms with Gasteiger partial charge in [0, 0.05) is 31.4 Å². The Hall–Kier alpha value is -2.36. The maximum Gasteiger partial charge on any atom is 0.416 e. The van der Waals surface area contributed by atoms with Gasteiger partial charge < -0.3 is 11.1 Å². The van der Waals surface area contributed by atoms with Gasteiger partial charge in [0.2, 0.25) is 0 Å². The number of aryl methyl sites for hydroxylation is 2. The van der Waals surface area contributed by atoms with E-state index in [1.54, 1.807) is 18.3 Å². The van der Waals surface area contributed by atoms with Crippen molar-refractivity contribution >= 4 is 28.8 Å². The Kier molecular flexibility index (Phi) is 8.45. The summed E-state index contributed by atoms with van der Waals surface area (Å²) >= 11 is 7.48. The van der Waals surface area contributed by atoms with Gasteiger partial charge in [-0.05, 0) is 37.6 Å². The number of rotatable bonds is 5. The average molecular weight is 459 g/mol. The maximum atomic E-state index is 12.0. The highest BCUT2D eigenvalue weighted by Crippen LogP contribution is 2.35. The molecule has 0 aliphatic rings. The lowest BCUT2D eigenvalue weighted by Gasteiger charge is -2.08. The van der Waals surface area contributed by atoms with Gasteiger partial charge in [-0.3, -0.25) is 9.48 Å². The first-order valence-corrected chi connectivity index (χ1v) is 10.3. The number of nitrogens with zero attached hydrogens (tertiary/aromatic N) is 2. The minimum absolute atomic E-state index is 0.147. The molecule has 1 amide bonds. The molecule has 2 aromatic heterocycles. The summed E-state index contributed by atoms with van der Waals surface area (Å²) in [6, 6.07) is 9.18. The monoisotopic (exact) mass is 458 g/mol. The third-order valence-electron chi connectivity index (χ3n) is 4.08. The summed E-state index contributed by atoms with van der Waals surface area (Å²) in [5, 5.41) is 6.93.